The summed E-state index contributed by atoms with van der Waals surface area (Å²) >= 11 is 0. The molecular weight excluding hydrogens is 508 g/mol. The summed E-state index contributed by atoms with van der Waals surface area (Å²) in [7, 11) is 0. The van der Waals surface area contributed by atoms with Gasteiger partial charge >= 0.3 is 36.6 Å². The Bertz CT molecular complexity index is 913. The number of alkyl halides is 12. The summed E-state index contributed by atoms with van der Waals surface area (Å²) in [6, 6.07) is 0.336. The third kappa shape index (κ3) is 7.84. The topological polar surface area (TPSA) is 74.6 Å². The molecule has 0 amide bonds. The maximum Gasteiger partial charge on any atom is 0.416 e. The highest BCUT2D eigenvalue weighted by Gasteiger charge is 2.38. The average Bonchev–Trinajstić information content (AvgIpc) is 2.65. The second-order valence-electron chi connectivity index (χ2n) is 6.20. The van der Waals surface area contributed by atoms with Crippen LogP contribution in [0.4, 0.5) is 52.7 Å². The lowest BCUT2D eigenvalue weighted by atomic mass is 10.0. The van der Waals surface area contributed by atoms with E-state index in [1.807, 2.05) is 0 Å². The zero-order valence-electron chi connectivity index (χ0n) is 15.7. The number of carbonyl (C=O) groups is 2. The van der Waals surface area contributed by atoms with Crippen LogP contribution < -0.4 is 0 Å². The van der Waals surface area contributed by atoms with Crippen molar-refractivity contribution in [2.45, 2.75) is 24.7 Å². The van der Waals surface area contributed by atoms with E-state index in [-0.39, 0.29) is 36.4 Å². The minimum Gasteiger partial charge on any atom is -0.478 e. The summed E-state index contributed by atoms with van der Waals surface area (Å²) in [5.74, 6) is -3.72. The van der Waals surface area contributed by atoms with Crippen LogP contribution in [0.25, 0.3) is 0 Å². The molecule has 0 aliphatic carbocycles. The van der Waals surface area contributed by atoms with Crippen molar-refractivity contribution in [1.82, 2.24) is 0 Å². The van der Waals surface area contributed by atoms with Crippen LogP contribution in [0.3, 0.4) is 0 Å². The van der Waals surface area contributed by atoms with E-state index in [1.165, 1.54) is 0 Å². The second-order valence-corrected chi connectivity index (χ2v) is 6.20. The average molecular weight is 516 g/mol. The summed E-state index contributed by atoms with van der Waals surface area (Å²) in [5, 5.41) is 16.9. The third-order valence-electron chi connectivity index (χ3n) is 3.67. The normalized spacial score (nSPS) is 12.6. The highest BCUT2D eigenvalue weighted by atomic mass is 19.4. The Kier molecular flexibility index (Phi) is 7.92. The minimum absolute atomic E-state index is 0.133. The molecule has 0 fully saturated rings. The van der Waals surface area contributed by atoms with Gasteiger partial charge in [-0.15, -0.1) is 0 Å². The van der Waals surface area contributed by atoms with Crippen LogP contribution in [-0.4, -0.2) is 22.2 Å². The van der Waals surface area contributed by atoms with Crippen molar-refractivity contribution in [2.75, 3.05) is 0 Å². The van der Waals surface area contributed by atoms with Gasteiger partial charge in [-0.2, -0.15) is 52.7 Å². The van der Waals surface area contributed by atoms with Crippen molar-refractivity contribution in [2.24, 2.45) is 0 Å². The van der Waals surface area contributed by atoms with Crippen molar-refractivity contribution in [1.29, 1.82) is 0 Å². The molecule has 0 saturated carbocycles. The number of benzene rings is 2. The van der Waals surface area contributed by atoms with Gasteiger partial charge in [-0.05, 0) is 36.4 Å². The first kappa shape index (κ1) is 28.6. The SMILES string of the molecule is O=C(O)c1cc(C(F)(F)F)cc(C(F)(F)F)c1.O=C(O)c1cc(C(F)(F)F)cc(C(F)(F)F)c1. The highest BCUT2D eigenvalue weighted by Crippen LogP contribution is 2.37. The van der Waals surface area contributed by atoms with Crippen LogP contribution in [0.2, 0.25) is 0 Å². The standard InChI is InChI=1S/2C9H4F6O2/c2*10-8(11,12)5-1-4(7(16)17)2-6(3-5)9(13,14)15/h2*1-3H,(H,16,17). The largest absolute Gasteiger partial charge is 0.478 e. The number of halogens is 12. The molecule has 34 heavy (non-hydrogen) atoms. The summed E-state index contributed by atoms with van der Waals surface area (Å²) in [6.45, 7) is 0. The molecule has 0 aliphatic heterocycles. The predicted octanol–water partition coefficient (Wildman–Crippen LogP) is 6.84. The van der Waals surface area contributed by atoms with Gasteiger partial charge in [-0.1, -0.05) is 0 Å². The second kappa shape index (κ2) is 9.42. The summed E-state index contributed by atoms with van der Waals surface area (Å²) < 4.78 is 147. The minimum atomic E-state index is -5.04. The molecule has 0 heterocycles. The van der Waals surface area contributed by atoms with Gasteiger partial charge in [0.05, 0.1) is 33.4 Å². The Balaban J connectivity index is 0.000000340. The smallest absolute Gasteiger partial charge is 0.416 e. The van der Waals surface area contributed by atoms with E-state index >= 15 is 0 Å². The zero-order valence-corrected chi connectivity index (χ0v) is 15.7. The fraction of sp³-hybridized carbons (Fsp3) is 0.222. The van der Waals surface area contributed by atoms with Crippen molar-refractivity contribution in [3.05, 3.63) is 69.8 Å². The van der Waals surface area contributed by atoms with Crippen LogP contribution in [-0.2, 0) is 24.7 Å². The Morgan fingerprint density at radius 3 is 0.735 bits per heavy atom. The number of hydrogen-bond acceptors (Lipinski definition) is 2. The van der Waals surface area contributed by atoms with E-state index < -0.39 is 70.0 Å². The quantitative estimate of drug-likeness (QED) is 0.429. The summed E-state index contributed by atoms with van der Waals surface area (Å²) in [5.41, 5.74) is -8.72. The molecule has 0 spiro atoms. The van der Waals surface area contributed by atoms with E-state index in [0.29, 0.717) is 0 Å². The molecule has 16 heteroatoms. The van der Waals surface area contributed by atoms with Crippen LogP contribution in [0.1, 0.15) is 43.0 Å². The number of rotatable bonds is 2. The molecule has 4 nitrogen and oxygen atoms in total. The van der Waals surface area contributed by atoms with E-state index in [1.54, 1.807) is 0 Å². The molecule has 0 radical (unpaired) electrons. The van der Waals surface area contributed by atoms with Crippen molar-refractivity contribution < 1.29 is 72.5 Å². The van der Waals surface area contributed by atoms with Crippen LogP contribution in [0.15, 0.2) is 36.4 Å². The highest BCUT2D eigenvalue weighted by molar-refractivity contribution is 5.88. The number of carboxylic acids is 2. The lowest BCUT2D eigenvalue weighted by molar-refractivity contribution is -0.144. The first-order valence-corrected chi connectivity index (χ1v) is 8.09. The molecular formula is C18H8F12O4. The lowest BCUT2D eigenvalue weighted by Gasteiger charge is -2.12. The van der Waals surface area contributed by atoms with Gasteiger partial charge in [0.1, 0.15) is 0 Å². The van der Waals surface area contributed by atoms with Crippen molar-refractivity contribution >= 4 is 11.9 Å². The molecule has 2 N–H and O–H groups in total. The van der Waals surface area contributed by atoms with Gasteiger partial charge in [-0.25, -0.2) is 9.59 Å². The molecule has 188 valence electrons. The maximum atomic E-state index is 12.2. The Labute approximate surface area is 180 Å². The monoisotopic (exact) mass is 516 g/mol. The number of hydrogen-bond donors (Lipinski definition) is 2. The molecule has 2 rings (SSSR count). The van der Waals surface area contributed by atoms with Crippen molar-refractivity contribution in [3.8, 4) is 0 Å². The van der Waals surface area contributed by atoms with Gasteiger partial charge < -0.3 is 10.2 Å². The molecule has 2 aromatic carbocycles. The predicted molar refractivity (Wildman–Crippen MR) is 86.8 cm³/mol. The van der Waals surface area contributed by atoms with Crippen LogP contribution in [0, 0.1) is 0 Å². The first-order chi connectivity index (χ1) is 15.0. The van der Waals surface area contributed by atoms with Gasteiger partial charge in [-0.3, -0.25) is 0 Å². The van der Waals surface area contributed by atoms with Crippen LogP contribution >= 0.6 is 0 Å². The molecule has 0 saturated heterocycles. The van der Waals surface area contributed by atoms with E-state index in [9.17, 15) is 62.3 Å². The maximum absolute atomic E-state index is 12.2. The fourth-order valence-corrected chi connectivity index (χ4v) is 2.16. The van der Waals surface area contributed by atoms with Gasteiger partial charge in [0.25, 0.3) is 0 Å². The lowest BCUT2D eigenvalue weighted by Crippen LogP contribution is -2.13. The van der Waals surface area contributed by atoms with Gasteiger partial charge in [0, 0.05) is 0 Å². The summed E-state index contributed by atoms with van der Waals surface area (Å²) in [4.78, 5) is 20.8. The van der Waals surface area contributed by atoms with E-state index in [0.717, 1.165) is 0 Å². The molecule has 0 aromatic heterocycles. The Morgan fingerprint density at radius 1 is 0.441 bits per heavy atom. The molecule has 2 aromatic rings. The number of aromatic carboxylic acids is 2. The molecule has 0 aliphatic rings. The van der Waals surface area contributed by atoms with Crippen LogP contribution in [0.5, 0.6) is 0 Å². The number of carboxylic acid groups (broad SMARTS) is 2. The van der Waals surface area contributed by atoms with Crippen molar-refractivity contribution in [3.63, 3.8) is 0 Å². The summed E-state index contributed by atoms with van der Waals surface area (Å²) in [6.07, 6.45) is -20.1. The van der Waals surface area contributed by atoms with E-state index in [2.05, 4.69) is 0 Å². The molecule has 0 unspecified atom stereocenters. The first-order valence-electron chi connectivity index (χ1n) is 8.09. The Hall–Kier alpha value is -3.46. The third-order valence-corrected chi connectivity index (χ3v) is 3.67. The van der Waals surface area contributed by atoms with E-state index in [4.69, 9.17) is 10.2 Å². The Morgan fingerprint density at radius 2 is 0.618 bits per heavy atom. The fourth-order valence-electron chi connectivity index (χ4n) is 2.16. The van der Waals surface area contributed by atoms with Gasteiger partial charge in [0.15, 0.2) is 0 Å². The zero-order chi connectivity index (χ0) is 26.9. The molecule has 0 atom stereocenters. The van der Waals surface area contributed by atoms with Gasteiger partial charge in [0.2, 0.25) is 0 Å². The molecule has 0 bridgehead atoms.